The number of hydrogen-bond acceptors (Lipinski definition) is 5. The van der Waals surface area contributed by atoms with Gasteiger partial charge in [-0.2, -0.15) is 0 Å². The minimum absolute atomic E-state index is 0.165. The van der Waals surface area contributed by atoms with Crippen molar-refractivity contribution in [3.8, 4) is 5.88 Å². The van der Waals surface area contributed by atoms with E-state index in [9.17, 15) is 0 Å². The third kappa shape index (κ3) is 3.17. The van der Waals surface area contributed by atoms with Gasteiger partial charge in [-0.15, -0.1) is 0 Å². The molecule has 1 aromatic rings. The summed E-state index contributed by atoms with van der Waals surface area (Å²) in [5.41, 5.74) is 0.875. The first-order valence-electron chi connectivity index (χ1n) is 6.49. The number of rotatable bonds is 6. The van der Waals surface area contributed by atoms with Crippen molar-refractivity contribution in [1.82, 2.24) is 15.3 Å². The lowest BCUT2D eigenvalue weighted by Crippen LogP contribution is -2.20. The number of aromatic nitrogens is 2. The second-order valence-electron chi connectivity index (χ2n) is 4.50. The fourth-order valence-electron chi connectivity index (χ4n) is 2.37. The van der Waals surface area contributed by atoms with Gasteiger partial charge in [-0.1, -0.05) is 0 Å². The van der Waals surface area contributed by atoms with Crippen LogP contribution in [0, 0.1) is 0 Å². The Bertz CT molecular complexity index is 367. The molecule has 18 heavy (non-hydrogen) atoms. The number of hydrogen-bond donors (Lipinski definition) is 1. The van der Waals surface area contributed by atoms with E-state index in [-0.39, 0.29) is 6.04 Å². The number of ether oxygens (including phenoxy) is 2. The van der Waals surface area contributed by atoms with Gasteiger partial charge in [-0.25, -0.2) is 4.98 Å². The van der Waals surface area contributed by atoms with E-state index in [2.05, 4.69) is 15.3 Å². The summed E-state index contributed by atoms with van der Waals surface area (Å²) in [6, 6.07) is 0.165. The van der Waals surface area contributed by atoms with Crippen molar-refractivity contribution >= 4 is 0 Å². The molecule has 0 spiro atoms. The summed E-state index contributed by atoms with van der Waals surface area (Å²) < 4.78 is 10.9. The predicted molar refractivity (Wildman–Crippen MR) is 68.6 cm³/mol. The molecule has 2 rings (SSSR count). The first-order chi connectivity index (χ1) is 8.85. The molecule has 2 heterocycles. The summed E-state index contributed by atoms with van der Waals surface area (Å²) in [6.07, 6.45) is 8.14. The lowest BCUT2D eigenvalue weighted by atomic mass is 10.0. The molecular formula is C13H21N3O2. The topological polar surface area (TPSA) is 56.3 Å². The van der Waals surface area contributed by atoms with Crippen molar-refractivity contribution in [3.63, 3.8) is 0 Å². The average Bonchev–Trinajstić information content (AvgIpc) is 2.93. The van der Waals surface area contributed by atoms with Crippen LogP contribution in [0.3, 0.4) is 0 Å². The fourth-order valence-corrected chi connectivity index (χ4v) is 2.37. The third-order valence-electron chi connectivity index (χ3n) is 3.36. The second kappa shape index (κ2) is 6.66. The lowest BCUT2D eigenvalue weighted by Gasteiger charge is -2.18. The van der Waals surface area contributed by atoms with Crippen LogP contribution in [0.4, 0.5) is 0 Å². The van der Waals surface area contributed by atoms with Crippen molar-refractivity contribution in [2.45, 2.75) is 37.8 Å². The van der Waals surface area contributed by atoms with E-state index in [1.165, 1.54) is 12.8 Å². The zero-order chi connectivity index (χ0) is 12.8. The molecule has 1 aliphatic rings. The van der Waals surface area contributed by atoms with E-state index in [1.807, 2.05) is 7.05 Å². The van der Waals surface area contributed by atoms with Crippen LogP contribution in [0.25, 0.3) is 0 Å². The van der Waals surface area contributed by atoms with E-state index in [4.69, 9.17) is 9.47 Å². The van der Waals surface area contributed by atoms with E-state index >= 15 is 0 Å². The Balaban J connectivity index is 1.98. The molecule has 1 aromatic heterocycles. The normalized spacial score (nSPS) is 20.9. The molecular weight excluding hydrogens is 230 g/mol. The highest BCUT2D eigenvalue weighted by Crippen LogP contribution is 2.26. The Morgan fingerprint density at radius 2 is 2.33 bits per heavy atom. The van der Waals surface area contributed by atoms with Crippen molar-refractivity contribution in [2.24, 2.45) is 0 Å². The van der Waals surface area contributed by atoms with Crippen LogP contribution in [-0.2, 0) is 4.74 Å². The molecule has 0 radical (unpaired) electrons. The predicted octanol–water partition coefficient (Wildman–Crippen LogP) is 1.70. The maximum atomic E-state index is 5.65. The molecule has 2 atom stereocenters. The summed E-state index contributed by atoms with van der Waals surface area (Å²) in [7, 11) is 3.56. The number of methoxy groups -OCH3 is 1. The van der Waals surface area contributed by atoms with Crippen LogP contribution in [-0.4, -0.2) is 36.8 Å². The summed E-state index contributed by atoms with van der Waals surface area (Å²) in [4.78, 5) is 8.56. The fraction of sp³-hybridized carbons (Fsp3) is 0.692. The molecule has 0 aromatic carbocycles. The van der Waals surface area contributed by atoms with Crippen molar-refractivity contribution in [2.75, 3.05) is 20.8 Å². The third-order valence-corrected chi connectivity index (χ3v) is 3.36. The minimum Gasteiger partial charge on any atom is -0.480 e. The Morgan fingerprint density at radius 1 is 1.50 bits per heavy atom. The summed E-state index contributed by atoms with van der Waals surface area (Å²) in [5.74, 6) is 0.601. The van der Waals surface area contributed by atoms with Gasteiger partial charge in [0, 0.05) is 19.0 Å². The highest BCUT2D eigenvalue weighted by molar-refractivity contribution is 5.21. The maximum Gasteiger partial charge on any atom is 0.236 e. The molecule has 0 saturated carbocycles. The SMILES string of the molecule is CNC(CCC1CCCO1)c1nccnc1OC. The Hall–Kier alpha value is -1.20. The first kappa shape index (κ1) is 13.2. The van der Waals surface area contributed by atoms with Gasteiger partial charge >= 0.3 is 0 Å². The highest BCUT2D eigenvalue weighted by Gasteiger charge is 2.21. The second-order valence-corrected chi connectivity index (χ2v) is 4.50. The minimum atomic E-state index is 0.165. The van der Waals surface area contributed by atoms with Crippen molar-refractivity contribution in [1.29, 1.82) is 0 Å². The van der Waals surface area contributed by atoms with Gasteiger partial charge in [-0.3, -0.25) is 4.98 Å². The van der Waals surface area contributed by atoms with Crippen LogP contribution in [0.15, 0.2) is 12.4 Å². The van der Waals surface area contributed by atoms with Gasteiger partial charge in [0.1, 0.15) is 5.69 Å². The quantitative estimate of drug-likeness (QED) is 0.834. The van der Waals surface area contributed by atoms with Gasteiger partial charge in [0.25, 0.3) is 0 Å². The molecule has 1 saturated heterocycles. The summed E-state index contributed by atoms with van der Waals surface area (Å²) in [5, 5.41) is 3.28. The molecule has 2 unspecified atom stereocenters. The van der Waals surface area contributed by atoms with E-state index in [0.29, 0.717) is 12.0 Å². The molecule has 1 fully saturated rings. The van der Waals surface area contributed by atoms with Gasteiger partial charge in [0.15, 0.2) is 0 Å². The number of nitrogens with one attached hydrogen (secondary N) is 1. The standard InChI is InChI=1S/C13H21N3O2/c1-14-11(6-5-10-4-3-9-18-10)12-13(17-2)16-8-7-15-12/h7-8,10-11,14H,3-6,9H2,1-2H3. The van der Waals surface area contributed by atoms with Gasteiger partial charge < -0.3 is 14.8 Å². The van der Waals surface area contributed by atoms with Gasteiger partial charge in [0.2, 0.25) is 5.88 Å². The zero-order valence-electron chi connectivity index (χ0n) is 11.1. The van der Waals surface area contributed by atoms with Crippen molar-refractivity contribution < 1.29 is 9.47 Å². The Kier molecular flexibility index (Phi) is 4.90. The highest BCUT2D eigenvalue weighted by atomic mass is 16.5. The van der Waals surface area contributed by atoms with Crippen LogP contribution >= 0.6 is 0 Å². The molecule has 5 nitrogen and oxygen atoms in total. The molecule has 1 aliphatic heterocycles. The molecule has 0 bridgehead atoms. The molecule has 100 valence electrons. The summed E-state index contributed by atoms with van der Waals surface area (Å²) >= 11 is 0. The Labute approximate surface area is 108 Å². The molecule has 1 N–H and O–H groups in total. The average molecular weight is 251 g/mol. The lowest BCUT2D eigenvalue weighted by molar-refractivity contribution is 0.0996. The Morgan fingerprint density at radius 3 is 3.00 bits per heavy atom. The van der Waals surface area contributed by atoms with Gasteiger partial charge in [-0.05, 0) is 32.7 Å². The maximum absolute atomic E-state index is 5.65. The summed E-state index contributed by atoms with van der Waals surface area (Å²) in [6.45, 7) is 0.906. The van der Waals surface area contributed by atoms with Gasteiger partial charge in [0.05, 0.1) is 19.3 Å². The van der Waals surface area contributed by atoms with Crippen molar-refractivity contribution in [3.05, 3.63) is 18.1 Å². The van der Waals surface area contributed by atoms with Crippen LogP contribution in [0.1, 0.15) is 37.4 Å². The first-order valence-corrected chi connectivity index (χ1v) is 6.49. The van der Waals surface area contributed by atoms with E-state index in [0.717, 1.165) is 25.1 Å². The largest absolute Gasteiger partial charge is 0.480 e. The molecule has 0 amide bonds. The van der Waals surface area contributed by atoms with Crippen LogP contribution < -0.4 is 10.1 Å². The smallest absolute Gasteiger partial charge is 0.236 e. The zero-order valence-corrected chi connectivity index (χ0v) is 11.1. The number of nitrogens with zero attached hydrogens (tertiary/aromatic N) is 2. The van der Waals surface area contributed by atoms with E-state index in [1.54, 1.807) is 19.5 Å². The van der Waals surface area contributed by atoms with Crippen LogP contribution in [0.5, 0.6) is 5.88 Å². The molecule has 0 aliphatic carbocycles. The van der Waals surface area contributed by atoms with Crippen LogP contribution in [0.2, 0.25) is 0 Å². The monoisotopic (exact) mass is 251 g/mol. The van der Waals surface area contributed by atoms with E-state index < -0.39 is 0 Å². The molecule has 5 heteroatoms.